The Morgan fingerprint density at radius 3 is 2.39 bits per heavy atom. The number of phenols is 2. The molecule has 100 valence electrons. The average Bonchev–Trinajstić information content (AvgIpc) is 2.37. The molecule has 0 spiro atoms. The van der Waals surface area contributed by atoms with Crippen molar-refractivity contribution < 1.29 is 10.2 Å². The second-order valence-corrected chi connectivity index (χ2v) is 4.71. The summed E-state index contributed by atoms with van der Waals surface area (Å²) in [5.74, 6) is -0.125. The molecule has 0 fully saturated rings. The summed E-state index contributed by atoms with van der Waals surface area (Å²) in [5, 5.41) is 18.5. The van der Waals surface area contributed by atoms with Gasteiger partial charge in [-0.3, -0.25) is 0 Å². The maximum Gasteiger partial charge on any atom is 0.157 e. The molecule has 1 rings (SSSR count). The molecule has 0 amide bonds. The van der Waals surface area contributed by atoms with Crippen molar-refractivity contribution in [2.24, 2.45) is 0 Å². The Labute approximate surface area is 110 Å². The van der Waals surface area contributed by atoms with Gasteiger partial charge in [-0.25, -0.2) is 0 Å². The van der Waals surface area contributed by atoms with E-state index in [0.717, 1.165) is 12.0 Å². The molecule has 0 aromatic heterocycles. The Balaban J connectivity index is 2.18. The molecule has 0 aliphatic heterocycles. The molecule has 0 heterocycles. The van der Waals surface area contributed by atoms with Gasteiger partial charge in [0, 0.05) is 0 Å². The Bertz CT molecular complexity index is 369. The Hall–Kier alpha value is -1.44. The van der Waals surface area contributed by atoms with Crippen molar-refractivity contribution in [3.63, 3.8) is 0 Å². The number of allylic oxidation sites excluding steroid dienone is 1. The molecule has 1 aromatic carbocycles. The monoisotopic (exact) mass is 248 g/mol. The lowest BCUT2D eigenvalue weighted by molar-refractivity contribution is 0.403. The van der Waals surface area contributed by atoms with E-state index >= 15 is 0 Å². The maximum absolute atomic E-state index is 9.34. The van der Waals surface area contributed by atoms with Crippen LogP contribution in [0.4, 0.5) is 0 Å². The van der Waals surface area contributed by atoms with Crippen molar-refractivity contribution in [3.05, 3.63) is 29.8 Å². The van der Waals surface area contributed by atoms with Crippen LogP contribution in [0.5, 0.6) is 11.5 Å². The lowest BCUT2D eigenvalue weighted by Gasteiger charge is -1.99. The van der Waals surface area contributed by atoms with Crippen LogP contribution in [-0.4, -0.2) is 10.2 Å². The maximum atomic E-state index is 9.34. The van der Waals surface area contributed by atoms with Crippen LogP contribution in [0.25, 0.3) is 6.08 Å². The summed E-state index contributed by atoms with van der Waals surface area (Å²) in [6.07, 6.45) is 13.1. The summed E-state index contributed by atoms with van der Waals surface area (Å²) in [4.78, 5) is 0. The summed E-state index contributed by atoms with van der Waals surface area (Å²) in [5.41, 5.74) is 0.927. The van der Waals surface area contributed by atoms with Gasteiger partial charge in [-0.05, 0) is 30.5 Å². The highest BCUT2D eigenvalue weighted by molar-refractivity contribution is 5.54. The van der Waals surface area contributed by atoms with Gasteiger partial charge in [0.15, 0.2) is 11.5 Å². The average molecular weight is 248 g/mol. The minimum Gasteiger partial charge on any atom is -0.504 e. The molecule has 0 radical (unpaired) electrons. The van der Waals surface area contributed by atoms with Gasteiger partial charge in [0.25, 0.3) is 0 Å². The van der Waals surface area contributed by atoms with Gasteiger partial charge in [0.05, 0.1) is 0 Å². The second kappa shape index (κ2) is 8.62. The zero-order valence-electron chi connectivity index (χ0n) is 11.2. The molecule has 0 saturated carbocycles. The first-order valence-electron chi connectivity index (χ1n) is 6.92. The first-order valence-corrected chi connectivity index (χ1v) is 6.92. The Morgan fingerprint density at radius 1 is 0.944 bits per heavy atom. The topological polar surface area (TPSA) is 40.5 Å². The molecule has 2 N–H and O–H groups in total. The SMILES string of the molecule is CCCCCCCCC=Cc1ccc(O)c(O)c1. The van der Waals surface area contributed by atoms with Crippen LogP contribution in [0.2, 0.25) is 0 Å². The van der Waals surface area contributed by atoms with Crippen LogP contribution in [0.3, 0.4) is 0 Å². The molecular weight excluding hydrogens is 224 g/mol. The third-order valence-electron chi connectivity index (χ3n) is 3.03. The Morgan fingerprint density at radius 2 is 1.67 bits per heavy atom. The minimum absolute atomic E-state index is 0.0586. The minimum atomic E-state index is -0.0666. The highest BCUT2D eigenvalue weighted by Gasteiger charge is 1.97. The Kier molecular flexibility index (Phi) is 7.00. The van der Waals surface area contributed by atoms with Crippen LogP contribution >= 0.6 is 0 Å². The van der Waals surface area contributed by atoms with E-state index in [1.807, 2.05) is 6.08 Å². The molecule has 2 nitrogen and oxygen atoms in total. The van der Waals surface area contributed by atoms with E-state index in [0.29, 0.717) is 0 Å². The van der Waals surface area contributed by atoms with E-state index in [4.69, 9.17) is 0 Å². The third kappa shape index (κ3) is 5.76. The van der Waals surface area contributed by atoms with Crippen LogP contribution in [0.1, 0.15) is 57.4 Å². The molecule has 0 bridgehead atoms. The van der Waals surface area contributed by atoms with Gasteiger partial charge >= 0.3 is 0 Å². The predicted molar refractivity (Wildman–Crippen MR) is 76.8 cm³/mol. The molecule has 0 unspecified atom stereocenters. The van der Waals surface area contributed by atoms with Gasteiger partial charge < -0.3 is 10.2 Å². The molecule has 0 aliphatic rings. The second-order valence-electron chi connectivity index (χ2n) is 4.71. The fourth-order valence-electron chi connectivity index (χ4n) is 1.91. The lowest BCUT2D eigenvalue weighted by atomic mass is 10.1. The summed E-state index contributed by atoms with van der Waals surface area (Å²) in [6.45, 7) is 2.23. The number of aromatic hydroxyl groups is 2. The first-order chi connectivity index (χ1) is 8.74. The van der Waals surface area contributed by atoms with Crippen molar-refractivity contribution >= 4 is 6.08 Å². The van der Waals surface area contributed by atoms with Gasteiger partial charge in [0.1, 0.15) is 0 Å². The van der Waals surface area contributed by atoms with Crippen molar-refractivity contribution in [1.29, 1.82) is 0 Å². The molecule has 0 saturated heterocycles. The number of rotatable bonds is 8. The first kappa shape index (κ1) is 14.6. The van der Waals surface area contributed by atoms with Crippen LogP contribution in [0, 0.1) is 0 Å². The van der Waals surface area contributed by atoms with Crippen LogP contribution in [0.15, 0.2) is 24.3 Å². The van der Waals surface area contributed by atoms with E-state index < -0.39 is 0 Å². The molecule has 2 heteroatoms. The number of hydrogen-bond donors (Lipinski definition) is 2. The number of unbranched alkanes of at least 4 members (excludes halogenated alkanes) is 6. The fraction of sp³-hybridized carbons (Fsp3) is 0.500. The number of benzene rings is 1. The molecular formula is C16H24O2. The summed E-state index contributed by atoms with van der Waals surface area (Å²) in [6, 6.07) is 4.89. The summed E-state index contributed by atoms with van der Waals surface area (Å²) < 4.78 is 0. The van der Waals surface area contributed by atoms with Crippen molar-refractivity contribution in [2.45, 2.75) is 51.9 Å². The van der Waals surface area contributed by atoms with E-state index in [-0.39, 0.29) is 11.5 Å². The van der Waals surface area contributed by atoms with Crippen LogP contribution < -0.4 is 0 Å². The zero-order chi connectivity index (χ0) is 13.2. The quantitative estimate of drug-likeness (QED) is 0.509. The van der Waals surface area contributed by atoms with E-state index in [2.05, 4.69) is 13.0 Å². The van der Waals surface area contributed by atoms with Gasteiger partial charge in [0.2, 0.25) is 0 Å². The normalized spacial score (nSPS) is 11.2. The number of hydrogen-bond acceptors (Lipinski definition) is 2. The summed E-state index contributed by atoms with van der Waals surface area (Å²) >= 11 is 0. The molecule has 18 heavy (non-hydrogen) atoms. The van der Waals surface area contributed by atoms with Gasteiger partial charge in [-0.2, -0.15) is 0 Å². The standard InChI is InChI=1S/C16H24O2/c1-2-3-4-5-6-7-8-9-10-14-11-12-15(17)16(18)13-14/h9-13,17-18H,2-8H2,1H3. The van der Waals surface area contributed by atoms with E-state index in [1.54, 1.807) is 12.1 Å². The van der Waals surface area contributed by atoms with Gasteiger partial charge in [-0.15, -0.1) is 0 Å². The fourth-order valence-corrected chi connectivity index (χ4v) is 1.91. The van der Waals surface area contributed by atoms with Gasteiger partial charge in [-0.1, -0.05) is 57.2 Å². The smallest absolute Gasteiger partial charge is 0.157 e. The van der Waals surface area contributed by atoms with Crippen molar-refractivity contribution in [3.8, 4) is 11.5 Å². The molecule has 0 aliphatic carbocycles. The molecule has 1 aromatic rings. The van der Waals surface area contributed by atoms with E-state index in [9.17, 15) is 10.2 Å². The zero-order valence-corrected chi connectivity index (χ0v) is 11.2. The number of phenolic OH excluding ortho intramolecular Hbond substituents is 2. The van der Waals surface area contributed by atoms with Crippen molar-refractivity contribution in [2.75, 3.05) is 0 Å². The van der Waals surface area contributed by atoms with E-state index in [1.165, 1.54) is 44.6 Å². The highest BCUT2D eigenvalue weighted by atomic mass is 16.3. The largest absolute Gasteiger partial charge is 0.504 e. The molecule has 0 atom stereocenters. The predicted octanol–water partition coefficient (Wildman–Crippen LogP) is 4.86. The third-order valence-corrected chi connectivity index (χ3v) is 3.03. The lowest BCUT2D eigenvalue weighted by Crippen LogP contribution is -1.78. The van der Waals surface area contributed by atoms with Crippen LogP contribution in [-0.2, 0) is 0 Å². The highest BCUT2D eigenvalue weighted by Crippen LogP contribution is 2.25. The summed E-state index contributed by atoms with van der Waals surface area (Å²) in [7, 11) is 0. The van der Waals surface area contributed by atoms with Crippen molar-refractivity contribution in [1.82, 2.24) is 0 Å².